The van der Waals surface area contributed by atoms with Gasteiger partial charge in [0, 0.05) is 22.6 Å². The molecule has 4 heteroatoms. The number of rotatable bonds is 3. The van der Waals surface area contributed by atoms with E-state index >= 15 is 0 Å². The molecule has 2 saturated carbocycles. The van der Waals surface area contributed by atoms with Crippen LogP contribution in [-0.4, -0.2) is 18.2 Å². The van der Waals surface area contributed by atoms with Crippen LogP contribution in [0.5, 0.6) is 0 Å². The molecule has 1 saturated heterocycles. The van der Waals surface area contributed by atoms with Gasteiger partial charge in [-0.05, 0) is 46.7 Å². The Morgan fingerprint density at radius 3 is 2.54 bits per heavy atom. The van der Waals surface area contributed by atoms with E-state index in [0.717, 1.165) is 28.5 Å². The van der Waals surface area contributed by atoms with Crippen molar-refractivity contribution in [3.05, 3.63) is 96.7 Å². The lowest BCUT2D eigenvalue weighted by atomic mass is 9.61. The predicted octanol–water partition coefficient (Wildman–Crippen LogP) is 6.36. The van der Waals surface area contributed by atoms with Crippen LogP contribution in [-0.2, 0) is 14.9 Å². The van der Waals surface area contributed by atoms with Crippen LogP contribution in [0.1, 0.15) is 39.2 Å². The molecule has 0 amide bonds. The molecule has 2 bridgehead atoms. The molecule has 0 unspecified atom stereocenters. The van der Waals surface area contributed by atoms with Crippen molar-refractivity contribution in [2.24, 2.45) is 16.7 Å². The van der Waals surface area contributed by atoms with Crippen molar-refractivity contribution in [3.63, 3.8) is 0 Å². The summed E-state index contributed by atoms with van der Waals surface area (Å²) in [5, 5.41) is 2.35. The van der Waals surface area contributed by atoms with Gasteiger partial charge in [0.25, 0.3) is 0 Å². The van der Waals surface area contributed by atoms with E-state index in [1.165, 1.54) is 17.4 Å². The Balaban J connectivity index is 1.33. The number of nitrogens with zero attached hydrogens (tertiary/aromatic N) is 1. The monoisotopic (exact) mass is 459 g/mol. The summed E-state index contributed by atoms with van der Waals surface area (Å²) in [4.78, 5) is 4.75. The third kappa shape index (κ3) is 2.67. The lowest BCUT2D eigenvalue weighted by Gasteiger charge is -2.48. The Labute approximate surface area is 207 Å². The zero-order chi connectivity index (χ0) is 23.8. The number of benzene rings is 3. The predicted molar refractivity (Wildman–Crippen MR) is 141 cm³/mol. The molecule has 3 aliphatic rings. The molecular weight excluding hydrogens is 429 g/mol. The molecule has 3 aromatic carbocycles. The third-order valence-electron chi connectivity index (χ3n) is 9.76. The van der Waals surface area contributed by atoms with E-state index in [4.69, 9.17) is 14.3 Å². The lowest BCUT2D eigenvalue weighted by Crippen LogP contribution is -2.50. The quantitative estimate of drug-likeness (QED) is 0.334. The normalized spacial score (nSPS) is 30.7. The summed E-state index contributed by atoms with van der Waals surface area (Å²) < 4.78 is 14.1. The number of hydrogen-bond donors (Lipinski definition) is 0. The van der Waals surface area contributed by atoms with Crippen molar-refractivity contribution in [2.45, 2.75) is 45.3 Å². The van der Waals surface area contributed by atoms with Gasteiger partial charge in [0.2, 0.25) is 0 Å². The van der Waals surface area contributed by atoms with Crippen molar-refractivity contribution in [2.75, 3.05) is 0 Å². The number of pyridine rings is 1. The number of aromatic nitrogens is 1. The molecule has 2 heterocycles. The summed E-state index contributed by atoms with van der Waals surface area (Å²) in [7, 11) is -0.397. The van der Waals surface area contributed by atoms with Crippen LogP contribution >= 0.6 is 0 Å². The molecule has 4 atom stereocenters. The summed E-state index contributed by atoms with van der Waals surface area (Å²) in [6.45, 7) is 7.27. The molecule has 0 radical (unpaired) electrons. The van der Waals surface area contributed by atoms with Gasteiger partial charge in [0.1, 0.15) is 5.60 Å². The van der Waals surface area contributed by atoms with E-state index in [1.807, 2.05) is 6.20 Å². The number of fused-ring (bicyclic) bond motifs is 6. The Kier molecular flexibility index (Phi) is 4.44. The van der Waals surface area contributed by atoms with Crippen LogP contribution in [0, 0.1) is 16.7 Å². The minimum absolute atomic E-state index is 0.000233. The van der Waals surface area contributed by atoms with Crippen LogP contribution in [0.15, 0.2) is 91.1 Å². The first-order valence-corrected chi connectivity index (χ1v) is 12.8. The smallest absolute Gasteiger partial charge is 0.401 e. The standard InChI is InChI=1S/C31H30BNO2/c1-29(2)26-16-18-30(29,3)31(23-12-5-4-6-13-23)28(26)34-32(35-31)24-14-9-11-22(20-24)27-25-15-8-7-10-21(25)17-19-33-27/h4-15,17,19-20,26,28H,16,18H2,1-3H3/t26-,28-,30-,31-/m0/s1. The van der Waals surface area contributed by atoms with E-state index in [0.29, 0.717) is 5.92 Å². The van der Waals surface area contributed by atoms with Gasteiger partial charge in [-0.25, -0.2) is 0 Å². The molecule has 3 nitrogen and oxygen atoms in total. The van der Waals surface area contributed by atoms with Gasteiger partial charge >= 0.3 is 7.12 Å². The van der Waals surface area contributed by atoms with Gasteiger partial charge in [-0.2, -0.15) is 0 Å². The highest BCUT2D eigenvalue weighted by molar-refractivity contribution is 6.62. The second kappa shape index (κ2) is 7.28. The topological polar surface area (TPSA) is 31.4 Å². The van der Waals surface area contributed by atoms with Crippen molar-refractivity contribution in [1.29, 1.82) is 0 Å². The van der Waals surface area contributed by atoms with Gasteiger partial charge in [-0.1, -0.05) is 99.6 Å². The van der Waals surface area contributed by atoms with E-state index < -0.39 is 12.7 Å². The molecule has 4 aromatic rings. The van der Waals surface area contributed by atoms with Crippen LogP contribution < -0.4 is 5.46 Å². The van der Waals surface area contributed by atoms with Crippen LogP contribution in [0.3, 0.4) is 0 Å². The van der Waals surface area contributed by atoms with E-state index in [1.54, 1.807) is 0 Å². The highest BCUT2D eigenvalue weighted by Gasteiger charge is 2.78. The SMILES string of the molecule is CC1(C)[C@H]2CC[C@]1(C)[C@@]1(c3ccccc3)OB(c3cccc(-c4nccc5ccccc45)c3)O[C@@H]21. The number of hydrogen-bond acceptors (Lipinski definition) is 3. The fourth-order valence-corrected chi connectivity index (χ4v) is 7.61. The Bertz CT molecular complexity index is 1430. The average molecular weight is 459 g/mol. The second-order valence-corrected chi connectivity index (χ2v) is 11.3. The van der Waals surface area contributed by atoms with Gasteiger partial charge in [-0.3, -0.25) is 4.98 Å². The molecule has 174 valence electrons. The second-order valence-electron chi connectivity index (χ2n) is 11.3. The molecule has 35 heavy (non-hydrogen) atoms. The van der Waals surface area contributed by atoms with Gasteiger partial charge in [0.05, 0.1) is 11.8 Å². The fourth-order valence-electron chi connectivity index (χ4n) is 7.61. The molecule has 7 rings (SSSR count). The summed E-state index contributed by atoms with van der Waals surface area (Å²) in [5.74, 6) is 0.473. The van der Waals surface area contributed by atoms with E-state index in [9.17, 15) is 0 Å². The van der Waals surface area contributed by atoms with E-state index in [-0.39, 0.29) is 16.9 Å². The molecule has 0 spiro atoms. The maximum atomic E-state index is 7.15. The van der Waals surface area contributed by atoms with Gasteiger partial charge in [0.15, 0.2) is 0 Å². The van der Waals surface area contributed by atoms with E-state index in [2.05, 4.69) is 106 Å². The maximum absolute atomic E-state index is 7.15. The largest absolute Gasteiger partial charge is 0.494 e. The summed E-state index contributed by atoms with van der Waals surface area (Å²) in [5.41, 5.74) is 4.09. The zero-order valence-corrected chi connectivity index (χ0v) is 20.6. The molecule has 1 aliphatic heterocycles. The summed E-state index contributed by atoms with van der Waals surface area (Å²) in [6, 6.07) is 29.9. The Morgan fingerprint density at radius 2 is 1.69 bits per heavy atom. The third-order valence-corrected chi connectivity index (χ3v) is 9.76. The van der Waals surface area contributed by atoms with Crippen molar-refractivity contribution < 1.29 is 9.31 Å². The van der Waals surface area contributed by atoms with Crippen molar-refractivity contribution >= 4 is 23.4 Å². The summed E-state index contributed by atoms with van der Waals surface area (Å²) in [6.07, 6.45) is 4.29. The molecule has 1 aromatic heterocycles. The van der Waals surface area contributed by atoms with Gasteiger partial charge in [-0.15, -0.1) is 0 Å². The molecule has 3 fully saturated rings. The molecule has 0 N–H and O–H groups in total. The molecular formula is C31H30BNO2. The zero-order valence-electron chi connectivity index (χ0n) is 20.6. The molecule has 2 aliphatic carbocycles. The average Bonchev–Trinajstić information content (AvgIpc) is 3.45. The van der Waals surface area contributed by atoms with Crippen molar-refractivity contribution in [1.82, 2.24) is 4.98 Å². The lowest BCUT2D eigenvalue weighted by molar-refractivity contribution is -0.0800. The van der Waals surface area contributed by atoms with Gasteiger partial charge < -0.3 is 9.31 Å². The Hall–Kier alpha value is -2.95. The first kappa shape index (κ1) is 21.3. The minimum atomic E-state index is -0.445. The van der Waals surface area contributed by atoms with Crippen LogP contribution in [0.25, 0.3) is 22.0 Å². The maximum Gasteiger partial charge on any atom is 0.494 e. The van der Waals surface area contributed by atoms with Crippen molar-refractivity contribution in [3.8, 4) is 11.3 Å². The first-order chi connectivity index (χ1) is 17.0. The fraction of sp³-hybridized carbons (Fsp3) is 0.323. The Morgan fingerprint density at radius 1 is 0.886 bits per heavy atom. The highest BCUT2D eigenvalue weighted by atomic mass is 16.7. The minimum Gasteiger partial charge on any atom is -0.401 e. The first-order valence-electron chi connectivity index (χ1n) is 12.8. The highest BCUT2D eigenvalue weighted by Crippen LogP contribution is 2.76. The van der Waals surface area contributed by atoms with Crippen LogP contribution in [0.4, 0.5) is 0 Å². The summed E-state index contributed by atoms with van der Waals surface area (Å²) >= 11 is 0. The van der Waals surface area contributed by atoms with Crippen LogP contribution in [0.2, 0.25) is 0 Å².